The highest BCUT2D eigenvalue weighted by molar-refractivity contribution is 7.21. The van der Waals surface area contributed by atoms with Crippen molar-refractivity contribution in [2.24, 2.45) is 0 Å². The minimum atomic E-state index is -0.294. The smallest absolute Gasteiger partial charge is 0.261 e. The van der Waals surface area contributed by atoms with E-state index in [1.165, 1.54) is 10.9 Å². The molecule has 31 heavy (non-hydrogen) atoms. The van der Waals surface area contributed by atoms with Gasteiger partial charge in [-0.2, -0.15) is 0 Å². The van der Waals surface area contributed by atoms with E-state index in [0.29, 0.717) is 16.6 Å². The molecule has 1 N–H and O–H groups in total. The summed E-state index contributed by atoms with van der Waals surface area (Å²) in [5, 5.41) is 4.27. The summed E-state index contributed by atoms with van der Waals surface area (Å²) in [4.78, 5) is 34.4. The molecule has 6 nitrogen and oxygen atoms in total. The minimum absolute atomic E-state index is 0.110. The molecule has 5 aromatic rings. The Bertz CT molecular complexity index is 1470. The number of fused-ring (bicyclic) bond motifs is 2. The number of aromatic nitrogens is 3. The molecule has 7 heteroatoms. The number of benzene rings is 3. The molecular weight excluding hydrogens is 408 g/mol. The van der Waals surface area contributed by atoms with Crippen molar-refractivity contribution in [2.75, 3.05) is 5.32 Å². The van der Waals surface area contributed by atoms with Crippen LogP contribution in [-0.4, -0.2) is 20.4 Å². The van der Waals surface area contributed by atoms with Crippen molar-refractivity contribution < 1.29 is 4.79 Å². The van der Waals surface area contributed by atoms with Crippen molar-refractivity contribution in [3.8, 4) is 10.6 Å². The predicted octanol–water partition coefficient (Wildman–Crippen LogP) is 4.62. The lowest BCUT2D eigenvalue weighted by atomic mass is 10.1. The zero-order chi connectivity index (χ0) is 21.4. The Morgan fingerprint density at radius 2 is 1.90 bits per heavy atom. The standard InChI is InChI=1S/C24H18N4O2S/c1-15-6-4-9-18-22(15)25-14-28(24(18)30)13-21(29)26-17-8-5-7-16(12-17)23-27-19-10-2-3-11-20(19)31-23/h2-12,14H,13H2,1H3,(H,26,29). The quantitative estimate of drug-likeness (QED) is 0.455. The lowest BCUT2D eigenvalue weighted by Crippen LogP contribution is -2.28. The van der Waals surface area contributed by atoms with Crippen molar-refractivity contribution in [3.63, 3.8) is 0 Å². The van der Waals surface area contributed by atoms with Gasteiger partial charge in [-0.3, -0.25) is 14.2 Å². The zero-order valence-corrected chi connectivity index (χ0v) is 17.5. The second kappa shape index (κ2) is 7.77. The Labute approximate surface area is 181 Å². The molecular formula is C24H18N4O2S. The van der Waals surface area contributed by atoms with Crippen molar-refractivity contribution in [1.29, 1.82) is 0 Å². The van der Waals surface area contributed by atoms with Crippen LogP contribution in [0.25, 0.3) is 31.7 Å². The Morgan fingerprint density at radius 3 is 2.77 bits per heavy atom. The first kappa shape index (κ1) is 19.1. The topological polar surface area (TPSA) is 76.9 Å². The summed E-state index contributed by atoms with van der Waals surface area (Å²) in [7, 11) is 0. The maximum absolute atomic E-state index is 12.7. The first-order valence-corrected chi connectivity index (χ1v) is 10.6. The number of amides is 1. The zero-order valence-electron chi connectivity index (χ0n) is 16.7. The van der Waals surface area contributed by atoms with E-state index < -0.39 is 0 Å². The van der Waals surface area contributed by atoms with Crippen LogP contribution in [0.5, 0.6) is 0 Å². The summed E-state index contributed by atoms with van der Waals surface area (Å²) in [6.07, 6.45) is 1.43. The number of anilines is 1. The number of hydrogen-bond acceptors (Lipinski definition) is 5. The van der Waals surface area contributed by atoms with Gasteiger partial charge in [0.1, 0.15) is 11.6 Å². The van der Waals surface area contributed by atoms with Gasteiger partial charge in [0.25, 0.3) is 5.56 Å². The van der Waals surface area contributed by atoms with Crippen LogP contribution < -0.4 is 10.9 Å². The number of nitrogens with zero attached hydrogens (tertiary/aromatic N) is 3. The largest absolute Gasteiger partial charge is 0.325 e. The third-order valence-electron chi connectivity index (χ3n) is 5.06. The summed E-state index contributed by atoms with van der Waals surface area (Å²) < 4.78 is 2.44. The third-order valence-corrected chi connectivity index (χ3v) is 6.14. The number of hydrogen-bond donors (Lipinski definition) is 1. The van der Waals surface area contributed by atoms with E-state index in [9.17, 15) is 9.59 Å². The predicted molar refractivity (Wildman–Crippen MR) is 124 cm³/mol. The molecule has 0 aliphatic rings. The lowest BCUT2D eigenvalue weighted by Gasteiger charge is -2.09. The summed E-state index contributed by atoms with van der Waals surface area (Å²) in [6, 6.07) is 21.0. The van der Waals surface area contributed by atoms with Crippen molar-refractivity contribution in [3.05, 3.63) is 89.0 Å². The van der Waals surface area contributed by atoms with E-state index in [2.05, 4.69) is 15.3 Å². The van der Waals surface area contributed by atoms with Crippen LogP contribution in [0.2, 0.25) is 0 Å². The van der Waals surface area contributed by atoms with Gasteiger partial charge in [0.15, 0.2) is 0 Å². The number of aryl methyl sites for hydroxylation is 1. The summed E-state index contributed by atoms with van der Waals surface area (Å²) >= 11 is 1.61. The molecule has 0 aliphatic carbocycles. The number of carbonyl (C=O) groups excluding carboxylic acids is 1. The molecule has 0 spiro atoms. The maximum Gasteiger partial charge on any atom is 0.261 e. The molecule has 152 valence electrons. The Hall–Kier alpha value is -3.84. The summed E-state index contributed by atoms with van der Waals surface area (Å²) in [5.41, 5.74) is 3.89. The molecule has 0 bridgehead atoms. The fourth-order valence-corrected chi connectivity index (χ4v) is 4.49. The van der Waals surface area contributed by atoms with Gasteiger partial charge in [-0.1, -0.05) is 36.4 Å². The van der Waals surface area contributed by atoms with Gasteiger partial charge in [0.05, 0.1) is 27.4 Å². The SMILES string of the molecule is Cc1cccc2c(=O)n(CC(=O)Nc3cccc(-c4nc5ccccc5s4)c3)cnc12. The van der Waals surface area contributed by atoms with Crippen molar-refractivity contribution >= 4 is 44.1 Å². The highest BCUT2D eigenvalue weighted by atomic mass is 32.1. The molecule has 0 aliphatic heterocycles. The Morgan fingerprint density at radius 1 is 1.06 bits per heavy atom. The fraction of sp³-hybridized carbons (Fsp3) is 0.0833. The third kappa shape index (κ3) is 3.71. The van der Waals surface area contributed by atoms with Gasteiger partial charge in [0.2, 0.25) is 5.91 Å². The average Bonchev–Trinajstić information content (AvgIpc) is 3.21. The first-order chi connectivity index (χ1) is 15.1. The Balaban J connectivity index is 1.37. The molecule has 3 aromatic carbocycles. The van der Waals surface area contributed by atoms with Crippen LogP contribution >= 0.6 is 11.3 Å². The molecule has 0 fully saturated rings. The van der Waals surface area contributed by atoms with E-state index in [4.69, 9.17) is 0 Å². The van der Waals surface area contributed by atoms with Crippen molar-refractivity contribution in [2.45, 2.75) is 13.5 Å². The lowest BCUT2D eigenvalue weighted by molar-refractivity contribution is -0.116. The number of thiazole rings is 1. The van der Waals surface area contributed by atoms with Gasteiger partial charge in [-0.15, -0.1) is 11.3 Å². The Kier molecular flexibility index (Phi) is 4.80. The van der Waals surface area contributed by atoms with E-state index in [1.807, 2.05) is 67.6 Å². The van der Waals surface area contributed by atoms with Gasteiger partial charge in [-0.25, -0.2) is 9.97 Å². The highest BCUT2D eigenvalue weighted by Gasteiger charge is 2.11. The normalized spacial score (nSPS) is 11.1. The van der Waals surface area contributed by atoms with Crippen LogP contribution in [0.4, 0.5) is 5.69 Å². The van der Waals surface area contributed by atoms with Crippen LogP contribution in [0, 0.1) is 6.92 Å². The molecule has 2 aromatic heterocycles. The maximum atomic E-state index is 12.7. The van der Waals surface area contributed by atoms with Gasteiger partial charge in [-0.05, 0) is 42.8 Å². The van der Waals surface area contributed by atoms with Crippen LogP contribution in [-0.2, 0) is 11.3 Å². The average molecular weight is 427 g/mol. The molecule has 0 radical (unpaired) electrons. The molecule has 0 unspecified atom stereocenters. The van der Waals surface area contributed by atoms with Crippen LogP contribution in [0.15, 0.2) is 77.9 Å². The molecule has 0 atom stereocenters. The van der Waals surface area contributed by atoms with E-state index in [1.54, 1.807) is 17.4 Å². The van der Waals surface area contributed by atoms with Gasteiger partial charge < -0.3 is 5.32 Å². The summed E-state index contributed by atoms with van der Waals surface area (Å²) in [6.45, 7) is 1.80. The molecule has 2 heterocycles. The van der Waals surface area contributed by atoms with E-state index in [-0.39, 0.29) is 18.0 Å². The molecule has 1 amide bonds. The number of para-hydroxylation sites is 2. The highest BCUT2D eigenvalue weighted by Crippen LogP contribution is 2.31. The number of nitrogens with one attached hydrogen (secondary N) is 1. The van der Waals surface area contributed by atoms with Crippen molar-refractivity contribution in [1.82, 2.24) is 14.5 Å². The minimum Gasteiger partial charge on any atom is -0.325 e. The second-order valence-corrected chi connectivity index (χ2v) is 8.30. The van der Waals surface area contributed by atoms with Crippen LogP contribution in [0.3, 0.4) is 0 Å². The van der Waals surface area contributed by atoms with Gasteiger partial charge >= 0.3 is 0 Å². The number of rotatable bonds is 4. The number of carbonyl (C=O) groups is 1. The molecule has 0 saturated heterocycles. The summed E-state index contributed by atoms with van der Waals surface area (Å²) in [5.74, 6) is -0.294. The monoisotopic (exact) mass is 426 g/mol. The molecule has 0 saturated carbocycles. The van der Waals surface area contributed by atoms with Crippen LogP contribution in [0.1, 0.15) is 5.56 Å². The molecule has 5 rings (SSSR count). The second-order valence-electron chi connectivity index (χ2n) is 7.26. The van der Waals surface area contributed by atoms with E-state index in [0.717, 1.165) is 26.4 Å². The van der Waals surface area contributed by atoms with Gasteiger partial charge in [0, 0.05) is 11.3 Å². The van der Waals surface area contributed by atoms with E-state index >= 15 is 0 Å². The fourth-order valence-electron chi connectivity index (χ4n) is 3.53. The first-order valence-electron chi connectivity index (χ1n) is 9.79.